The van der Waals surface area contributed by atoms with Crippen molar-refractivity contribution in [1.82, 2.24) is 5.12 Å². The zero-order valence-electron chi connectivity index (χ0n) is 6.22. The predicted molar refractivity (Wildman–Crippen MR) is 35.9 cm³/mol. The molecule has 1 unspecified atom stereocenters. The van der Waals surface area contributed by atoms with E-state index in [1.165, 1.54) is 0 Å². The molecule has 0 aromatic heterocycles. The van der Waals surface area contributed by atoms with Gasteiger partial charge in [0.15, 0.2) is 0 Å². The molecule has 0 aromatic rings. The summed E-state index contributed by atoms with van der Waals surface area (Å²) in [5, 5.41) is 1.08. The molecule has 0 fully saturated rings. The largest absolute Gasteiger partial charge is 0.361 e. The van der Waals surface area contributed by atoms with Crippen molar-refractivity contribution in [3.63, 3.8) is 0 Å². The van der Waals surface area contributed by atoms with Gasteiger partial charge in [-0.05, 0) is 13.3 Å². The second-order valence-corrected chi connectivity index (χ2v) is 2.14. The second kappa shape index (κ2) is 3.12. The molecule has 1 atom stereocenters. The van der Waals surface area contributed by atoms with Gasteiger partial charge in [0.2, 0.25) is 0 Å². The summed E-state index contributed by atoms with van der Waals surface area (Å²) in [6.45, 7) is 3.78. The van der Waals surface area contributed by atoms with Crippen molar-refractivity contribution in [2.45, 2.75) is 26.0 Å². The molecule has 0 aromatic carbocycles. The van der Waals surface area contributed by atoms with Crippen LogP contribution in [0.2, 0.25) is 0 Å². The molecule has 0 aliphatic heterocycles. The Morgan fingerprint density at radius 3 is 2.00 bits per heavy atom. The Bertz CT molecular complexity index is 80.3. The maximum absolute atomic E-state index is 5.28. The van der Waals surface area contributed by atoms with Crippen molar-refractivity contribution in [2.75, 3.05) is 7.11 Å². The van der Waals surface area contributed by atoms with Crippen LogP contribution in [0.1, 0.15) is 20.3 Å². The molecule has 0 radical (unpaired) electrons. The summed E-state index contributed by atoms with van der Waals surface area (Å²) in [5.74, 6) is 10.6. The Labute approximate surface area is 55.7 Å². The Hall–Kier alpha value is -0.160. The van der Waals surface area contributed by atoms with E-state index in [-0.39, 0.29) is 0 Å². The normalized spacial score (nSPS) is 18.0. The number of nitrogens with two attached hydrogens (primary N) is 2. The molecule has 0 aliphatic carbocycles. The van der Waals surface area contributed by atoms with E-state index >= 15 is 0 Å². The molecule has 9 heavy (non-hydrogen) atoms. The van der Waals surface area contributed by atoms with Gasteiger partial charge in [-0.2, -0.15) is 5.12 Å². The fourth-order valence-corrected chi connectivity index (χ4v) is 0.432. The number of hydrogen-bond acceptors (Lipinski definition) is 4. The van der Waals surface area contributed by atoms with E-state index in [2.05, 4.69) is 0 Å². The van der Waals surface area contributed by atoms with E-state index in [4.69, 9.17) is 16.4 Å². The number of rotatable bonds is 3. The lowest BCUT2D eigenvalue weighted by Gasteiger charge is -2.32. The minimum atomic E-state index is -0.528. The monoisotopic (exact) mass is 133 g/mol. The van der Waals surface area contributed by atoms with Gasteiger partial charge in [0.1, 0.15) is 5.72 Å². The molecule has 4 heteroatoms. The Kier molecular flexibility index (Phi) is 3.07. The van der Waals surface area contributed by atoms with Crippen LogP contribution in [0.3, 0.4) is 0 Å². The van der Waals surface area contributed by atoms with Crippen molar-refractivity contribution in [3.05, 3.63) is 0 Å². The van der Waals surface area contributed by atoms with Crippen molar-refractivity contribution in [3.8, 4) is 0 Å². The highest BCUT2D eigenvalue weighted by Gasteiger charge is 2.24. The lowest BCUT2D eigenvalue weighted by Crippen LogP contribution is -2.56. The Morgan fingerprint density at radius 2 is 2.00 bits per heavy atom. The molecule has 4 N–H and O–H groups in total. The molecule has 0 amide bonds. The molecular weight excluding hydrogens is 118 g/mol. The van der Waals surface area contributed by atoms with Crippen LogP contribution in [0.15, 0.2) is 0 Å². The molecule has 4 nitrogen and oxygen atoms in total. The lowest BCUT2D eigenvalue weighted by atomic mass is 10.2. The smallest absolute Gasteiger partial charge is 0.144 e. The molecule has 0 bridgehead atoms. The zero-order chi connectivity index (χ0) is 7.49. The standard InChI is InChI=1S/C5H15N3O/c1-4-5(2,9-3)8(6)7/h4,6-7H2,1-3H3. The van der Waals surface area contributed by atoms with Crippen LogP contribution >= 0.6 is 0 Å². The first kappa shape index (κ1) is 8.84. The van der Waals surface area contributed by atoms with Gasteiger partial charge < -0.3 is 4.74 Å². The van der Waals surface area contributed by atoms with E-state index in [1.807, 2.05) is 13.8 Å². The van der Waals surface area contributed by atoms with Gasteiger partial charge in [0, 0.05) is 7.11 Å². The van der Waals surface area contributed by atoms with Crippen LogP contribution in [0.5, 0.6) is 0 Å². The van der Waals surface area contributed by atoms with Gasteiger partial charge in [0.05, 0.1) is 0 Å². The van der Waals surface area contributed by atoms with Gasteiger partial charge in [-0.3, -0.25) is 11.7 Å². The summed E-state index contributed by atoms with van der Waals surface area (Å²) in [6, 6.07) is 0. The lowest BCUT2D eigenvalue weighted by molar-refractivity contribution is -0.128. The highest BCUT2D eigenvalue weighted by molar-refractivity contribution is 4.64. The summed E-state index contributed by atoms with van der Waals surface area (Å²) in [5.41, 5.74) is -0.528. The van der Waals surface area contributed by atoms with Gasteiger partial charge in [-0.1, -0.05) is 6.92 Å². The molecule has 0 saturated carbocycles. The van der Waals surface area contributed by atoms with Gasteiger partial charge in [-0.25, -0.2) is 0 Å². The number of nitrogens with zero attached hydrogens (tertiary/aromatic N) is 1. The van der Waals surface area contributed by atoms with Crippen LogP contribution < -0.4 is 11.7 Å². The van der Waals surface area contributed by atoms with Crippen LogP contribution in [-0.4, -0.2) is 18.0 Å². The molecular formula is C5H15N3O. The fraction of sp³-hybridized carbons (Fsp3) is 1.00. The second-order valence-electron chi connectivity index (χ2n) is 2.14. The first-order valence-electron chi connectivity index (χ1n) is 2.91. The maximum atomic E-state index is 5.28. The number of ether oxygens (including phenoxy) is 1. The Morgan fingerprint density at radius 1 is 1.56 bits per heavy atom. The van der Waals surface area contributed by atoms with Crippen molar-refractivity contribution < 1.29 is 4.74 Å². The van der Waals surface area contributed by atoms with E-state index in [0.29, 0.717) is 0 Å². The topological polar surface area (TPSA) is 64.5 Å². The van der Waals surface area contributed by atoms with E-state index in [1.54, 1.807) is 7.11 Å². The van der Waals surface area contributed by atoms with Crippen LogP contribution in [0, 0.1) is 0 Å². The number of methoxy groups -OCH3 is 1. The summed E-state index contributed by atoms with van der Waals surface area (Å²) in [7, 11) is 1.58. The first-order valence-corrected chi connectivity index (χ1v) is 2.91. The van der Waals surface area contributed by atoms with Crippen LogP contribution in [-0.2, 0) is 4.74 Å². The van der Waals surface area contributed by atoms with Crippen molar-refractivity contribution in [1.29, 1.82) is 0 Å². The fourth-order valence-electron chi connectivity index (χ4n) is 0.432. The van der Waals surface area contributed by atoms with Gasteiger partial charge >= 0.3 is 0 Å². The number of hydrazine groups is 2. The van der Waals surface area contributed by atoms with Crippen LogP contribution in [0.4, 0.5) is 0 Å². The summed E-state index contributed by atoms with van der Waals surface area (Å²) < 4.78 is 5.02. The van der Waals surface area contributed by atoms with E-state index < -0.39 is 5.72 Å². The third kappa shape index (κ3) is 1.91. The first-order chi connectivity index (χ1) is 4.06. The average Bonchev–Trinajstić information content (AvgIpc) is 1.86. The predicted octanol–water partition coefficient (Wildman–Crippen LogP) is -0.192. The Balaban J connectivity index is 3.92. The molecule has 0 aliphatic rings. The minimum absolute atomic E-state index is 0.528. The molecule has 0 spiro atoms. The zero-order valence-corrected chi connectivity index (χ0v) is 6.22. The third-order valence-electron chi connectivity index (χ3n) is 1.64. The van der Waals surface area contributed by atoms with Crippen molar-refractivity contribution in [2.24, 2.45) is 11.7 Å². The van der Waals surface area contributed by atoms with Gasteiger partial charge in [0.25, 0.3) is 0 Å². The summed E-state index contributed by atoms with van der Waals surface area (Å²) in [6.07, 6.45) is 0.760. The summed E-state index contributed by atoms with van der Waals surface area (Å²) >= 11 is 0. The maximum Gasteiger partial charge on any atom is 0.144 e. The average molecular weight is 133 g/mol. The molecule has 56 valence electrons. The highest BCUT2D eigenvalue weighted by Crippen LogP contribution is 2.12. The van der Waals surface area contributed by atoms with Gasteiger partial charge in [-0.15, -0.1) is 0 Å². The quantitative estimate of drug-likeness (QED) is 0.318. The van der Waals surface area contributed by atoms with E-state index in [0.717, 1.165) is 11.5 Å². The summed E-state index contributed by atoms with van der Waals surface area (Å²) in [4.78, 5) is 0. The van der Waals surface area contributed by atoms with Crippen LogP contribution in [0.25, 0.3) is 0 Å². The highest BCUT2D eigenvalue weighted by atomic mass is 16.5. The molecule has 0 rings (SSSR count). The SMILES string of the molecule is CCC(C)(OC)N(N)N. The third-order valence-corrected chi connectivity index (χ3v) is 1.64. The molecule has 0 heterocycles. The van der Waals surface area contributed by atoms with Crippen molar-refractivity contribution >= 4 is 0 Å². The van der Waals surface area contributed by atoms with E-state index in [9.17, 15) is 0 Å². The minimum Gasteiger partial charge on any atom is -0.361 e. The molecule has 0 saturated heterocycles. The number of hydrogen-bond donors (Lipinski definition) is 2.